The van der Waals surface area contributed by atoms with E-state index in [1.54, 1.807) is 12.1 Å². The van der Waals surface area contributed by atoms with Crippen molar-refractivity contribution in [2.24, 2.45) is 10.9 Å². The van der Waals surface area contributed by atoms with E-state index < -0.39 is 0 Å². The van der Waals surface area contributed by atoms with Crippen LogP contribution in [0.4, 0.5) is 0 Å². The zero-order valence-corrected chi connectivity index (χ0v) is 12.9. The lowest BCUT2D eigenvalue weighted by Crippen LogP contribution is -2.18. The number of aromatic amines is 1. The number of aromatic hydroxyl groups is 1. The Balaban J connectivity index is 1.93. The number of nitrogens with one attached hydrogen (secondary N) is 1. The average molecular weight is 298 g/mol. The molecule has 0 unspecified atom stereocenters. The summed E-state index contributed by atoms with van der Waals surface area (Å²) in [6.45, 7) is 2.55. The van der Waals surface area contributed by atoms with Gasteiger partial charge in [-0.1, -0.05) is 31.4 Å². The average Bonchev–Trinajstić information content (AvgIpc) is 2.54. The molecule has 4 nitrogen and oxygen atoms in total. The van der Waals surface area contributed by atoms with E-state index in [-0.39, 0.29) is 11.3 Å². The van der Waals surface area contributed by atoms with Gasteiger partial charge in [0.2, 0.25) is 0 Å². The Labute approximate surface area is 129 Å². The second-order valence-corrected chi connectivity index (χ2v) is 6.15. The largest absolute Gasteiger partial charge is 0.506 e. The smallest absolute Gasteiger partial charge is 0.261 e. The molecule has 1 saturated carbocycles. The van der Waals surface area contributed by atoms with E-state index in [9.17, 15) is 9.90 Å². The molecule has 4 heteroatoms. The molecular formula is C18H22N2O2. The Morgan fingerprint density at radius 3 is 2.77 bits per heavy atom. The maximum atomic E-state index is 12.3. The molecule has 0 bridgehead atoms. The maximum Gasteiger partial charge on any atom is 0.261 e. The van der Waals surface area contributed by atoms with Gasteiger partial charge in [-0.2, -0.15) is 0 Å². The van der Waals surface area contributed by atoms with Crippen molar-refractivity contribution in [1.29, 1.82) is 0 Å². The zero-order valence-electron chi connectivity index (χ0n) is 12.9. The van der Waals surface area contributed by atoms with Gasteiger partial charge in [-0.05, 0) is 37.8 Å². The van der Waals surface area contributed by atoms with E-state index in [0.29, 0.717) is 28.1 Å². The zero-order chi connectivity index (χ0) is 15.5. The summed E-state index contributed by atoms with van der Waals surface area (Å²) < 4.78 is 0. The highest BCUT2D eigenvalue weighted by Gasteiger charge is 2.16. The summed E-state index contributed by atoms with van der Waals surface area (Å²) in [6.07, 6.45) is 6.32. The summed E-state index contributed by atoms with van der Waals surface area (Å²) in [5.41, 5.74) is 1.29. The number of benzene rings is 1. The van der Waals surface area contributed by atoms with Crippen LogP contribution in [0.1, 0.15) is 44.6 Å². The van der Waals surface area contributed by atoms with E-state index in [1.807, 2.05) is 19.1 Å². The maximum absolute atomic E-state index is 12.3. The van der Waals surface area contributed by atoms with Crippen molar-refractivity contribution in [3.8, 4) is 5.75 Å². The van der Waals surface area contributed by atoms with Crippen LogP contribution < -0.4 is 5.56 Å². The number of hydrogen-bond acceptors (Lipinski definition) is 3. The third-order valence-electron chi connectivity index (χ3n) is 4.57. The van der Waals surface area contributed by atoms with Gasteiger partial charge < -0.3 is 10.1 Å². The number of rotatable bonds is 3. The number of H-pyrrole nitrogens is 1. The summed E-state index contributed by atoms with van der Waals surface area (Å²) in [6, 6.07) is 7.27. The van der Waals surface area contributed by atoms with Crippen LogP contribution in [-0.4, -0.2) is 22.3 Å². The van der Waals surface area contributed by atoms with Crippen molar-refractivity contribution in [2.75, 3.05) is 6.54 Å². The Kier molecular flexibility index (Phi) is 4.27. The minimum absolute atomic E-state index is 0.0317. The van der Waals surface area contributed by atoms with Gasteiger partial charge in [0.15, 0.2) is 0 Å². The van der Waals surface area contributed by atoms with Crippen molar-refractivity contribution in [2.45, 2.75) is 39.0 Å². The van der Waals surface area contributed by atoms with Crippen LogP contribution in [0, 0.1) is 5.92 Å². The van der Waals surface area contributed by atoms with Gasteiger partial charge in [-0.25, -0.2) is 0 Å². The van der Waals surface area contributed by atoms with Gasteiger partial charge in [0.05, 0.1) is 5.52 Å². The molecule has 0 radical (unpaired) electrons. The number of aliphatic imine (C=N–C) groups is 1. The van der Waals surface area contributed by atoms with Crippen molar-refractivity contribution in [3.05, 3.63) is 40.2 Å². The predicted molar refractivity (Wildman–Crippen MR) is 89.9 cm³/mol. The molecule has 1 aromatic heterocycles. The second kappa shape index (κ2) is 6.34. The van der Waals surface area contributed by atoms with Crippen LogP contribution in [0.3, 0.4) is 0 Å². The molecular weight excluding hydrogens is 276 g/mol. The molecule has 2 aromatic rings. The number of para-hydroxylation sites is 1. The van der Waals surface area contributed by atoms with Gasteiger partial charge in [0, 0.05) is 17.6 Å². The van der Waals surface area contributed by atoms with Gasteiger partial charge in [-0.15, -0.1) is 0 Å². The third kappa shape index (κ3) is 2.91. The SMILES string of the molecule is CC(=NCC1CCCCC1)c1c(O)c2ccccc2[nH]c1=O. The fourth-order valence-electron chi connectivity index (χ4n) is 3.28. The number of pyridine rings is 1. The standard InChI is InChI=1S/C18H22N2O2/c1-12(19-11-13-7-3-2-4-8-13)16-17(21)14-9-5-6-10-15(14)20-18(16)22/h5-6,9-10,13H,2-4,7-8,11H2,1H3,(H2,20,21,22). The Morgan fingerprint density at radius 1 is 1.27 bits per heavy atom. The van der Waals surface area contributed by atoms with Crippen LogP contribution in [0.15, 0.2) is 34.1 Å². The summed E-state index contributed by atoms with van der Waals surface area (Å²) in [5, 5.41) is 11.1. The highest BCUT2D eigenvalue weighted by molar-refractivity contribution is 6.05. The molecule has 0 aliphatic heterocycles. The van der Waals surface area contributed by atoms with E-state index >= 15 is 0 Å². The molecule has 116 valence electrons. The molecule has 3 rings (SSSR count). The normalized spacial score (nSPS) is 17.0. The molecule has 1 fully saturated rings. The first-order valence-electron chi connectivity index (χ1n) is 8.02. The van der Waals surface area contributed by atoms with Gasteiger partial charge in [0.1, 0.15) is 11.3 Å². The summed E-state index contributed by atoms with van der Waals surface area (Å²) >= 11 is 0. The number of nitrogens with zero attached hydrogens (tertiary/aromatic N) is 1. The van der Waals surface area contributed by atoms with E-state index in [4.69, 9.17) is 0 Å². The number of fused-ring (bicyclic) bond motifs is 1. The first-order chi connectivity index (χ1) is 10.7. The quantitative estimate of drug-likeness (QED) is 0.850. The first-order valence-corrected chi connectivity index (χ1v) is 8.02. The topological polar surface area (TPSA) is 65.5 Å². The van der Waals surface area contributed by atoms with E-state index in [1.165, 1.54) is 32.1 Å². The second-order valence-electron chi connectivity index (χ2n) is 6.15. The summed E-state index contributed by atoms with van der Waals surface area (Å²) in [7, 11) is 0. The van der Waals surface area contributed by atoms with Gasteiger partial charge in [0.25, 0.3) is 5.56 Å². The lowest BCUT2D eigenvalue weighted by atomic mass is 9.89. The van der Waals surface area contributed by atoms with Crippen LogP contribution >= 0.6 is 0 Å². The molecule has 1 aliphatic carbocycles. The van der Waals surface area contributed by atoms with Crippen molar-refractivity contribution >= 4 is 16.6 Å². The molecule has 0 saturated heterocycles. The van der Waals surface area contributed by atoms with Crippen molar-refractivity contribution < 1.29 is 5.11 Å². The lowest BCUT2D eigenvalue weighted by Gasteiger charge is -2.19. The summed E-state index contributed by atoms with van der Waals surface area (Å²) in [4.78, 5) is 19.7. The minimum atomic E-state index is -0.277. The Morgan fingerprint density at radius 2 is 2.00 bits per heavy atom. The fourth-order valence-corrected chi connectivity index (χ4v) is 3.28. The molecule has 2 N–H and O–H groups in total. The highest BCUT2D eigenvalue weighted by Crippen LogP contribution is 2.26. The number of aromatic nitrogens is 1. The van der Waals surface area contributed by atoms with Crippen molar-refractivity contribution in [1.82, 2.24) is 4.98 Å². The number of hydrogen-bond donors (Lipinski definition) is 2. The minimum Gasteiger partial charge on any atom is -0.506 e. The highest BCUT2D eigenvalue weighted by atomic mass is 16.3. The molecule has 1 aliphatic rings. The van der Waals surface area contributed by atoms with E-state index in [0.717, 1.165) is 6.54 Å². The lowest BCUT2D eigenvalue weighted by molar-refractivity contribution is 0.367. The Bertz CT molecular complexity index is 755. The van der Waals surface area contributed by atoms with Crippen LogP contribution in [0.25, 0.3) is 10.9 Å². The van der Waals surface area contributed by atoms with E-state index in [2.05, 4.69) is 9.98 Å². The van der Waals surface area contributed by atoms with Gasteiger partial charge >= 0.3 is 0 Å². The summed E-state index contributed by atoms with van der Waals surface area (Å²) in [5.74, 6) is 0.648. The molecule has 0 atom stereocenters. The third-order valence-corrected chi connectivity index (χ3v) is 4.57. The monoisotopic (exact) mass is 298 g/mol. The fraction of sp³-hybridized carbons (Fsp3) is 0.444. The molecule has 1 aromatic carbocycles. The Hall–Kier alpha value is -2.10. The molecule has 1 heterocycles. The van der Waals surface area contributed by atoms with Gasteiger partial charge in [-0.3, -0.25) is 9.79 Å². The van der Waals surface area contributed by atoms with Crippen LogP contribution in [0.2, 0.25) is 0 Å². The van der Waals surface area contributed by atoms with Crippen molar-refractivity contribution in [3.63, 3.8) is 0 Å². The molecule has 0 amide bonds. The predicted octanol–water partition coefficient (Wildman–Crippen LogP) is 3.62. The molecule has 22 heavy (non-hydrogen) atoms. The first kappa shape index (κ1) is 14.8. The van der Waals surface area contributed by atoms with Crippen LogP contribution in [-0.2, 0) is 0 Å². The van der Waals surface area contributed by atoms with Crippen LogP contribution in [0.5, 0.6) is 5.75 Å². The molecule has 0 spiro atoms.